The molecule has 5 nitrogen and oxygen atoms in total. The van der Waals surface area contributed by atoms with Crippen molar-refractivity contribution in [3.8, 4) is 0 Å². The van der Waals surface area contributed by atoms with Gasteiger partial charge < -0.3 is 0 Å². The predicted octanol–water partition coefficient (Wildman–Crippen LogP) is 7.91. The second-order valence-electron chi connectivity index (χ2n) is 11.5. The molecule has 8 rings (SSSR count). The third kappa shape index (κ3) is 5.86. The summed E-state index contributed by atoms with van der Waals surface area (Å²) in [6.07, 6.45) is 0.299. The largest absolute Gasteiger partial charge is 0.293 e. The number of carbonyl (C=O) groups excluding carboxylic acids is 1. The molecule has 4 bridgehead atoms. The summed E-state index contributed by atoms with van der Waals surface area (Å²) < 4.78 is 0. The van der Waals surface area contributed by atoms with Crippen molar-refractivity contribution < 1.29 is 4.79 Å². The Morgan fingerprint density at radius 3 is 0.907 bits per heavy atom. The highest BCUT2D eigenvalue weighted by atomic mass is 35.5. The zero-order valence-electron chi connectivity index (χ0n) is 23.3. The number of hydrogen-bond donors (Lipinski definition) is 0. The number of ketones is 1. The van der Waals surface area contributed by atoms with Crippen molar-refractivity contribution in [3.05, 3.63) is 139 Å². The molecule has 0 spiro atoms. The first kappa shape index (κ1) is 29.3. The first-order valence-electron chi connectivity index (χ1n) is 14.4. The quantitative estimate of drug-likeness (QED) is 0.193. The van der Waals surface area contributed by atoms with Crippen LogP contribution in [0.15, 0.2) is 97.1 Å². The number of carbonyl (C=O) groups is 1. The van der Waals surface area contributed by atoms with Crippen LogP contribution in [0.2, 0.25) is 20.1 Å². The van der Waals surface area contributed by atoms with Crippen molar-refractivity contribution in [2.45, 2.75) is 57.3 Å². The molecule has 0 aromatic heterocycles. The molecule has 4 aliphatic heterocycles. The van der Waals surface area contributed by atoms with Crippen LogP contribution in [0.3, 0.4) is 0 Å². The summed E-state index contributed by atoms with van der Waals surface area (Å²) >= 11 is 24.9. The molecule has 43 heavy (non-hydrogen) atoms. The third-order valence-corrected chi connectivity index (χ3v) is 9.84. The maximum Gasteiger partial charge on any atom is 0.196 e. The Balaban J connectivity index is 1.29. The average molecular weight is 652 g/mol. The lowest BCUT2D eigenvalue weighted by Crippen LogP contribution is -2.85. The first-order valence-corrected chi connectivity index (χ1v) is 15.9. The Morgan fingerprint density at radius 2 is 0.674 bits per heavy atom. The van der Waals surface area contributed by atoms with Gasteiger partial charge in [0.15, 0.2) is 5.78 Å². The van der Waals surface area contributed by atoms with Crippen LogP contribution in [0.25, 0.3) is 0 Å². The fraction of sp³-hybridized carbons (Fsp3) is 0.265. The monoisotopic (exact) mass is 650 g/mol. The van der Waals surface area contributed by atoms with E-state index in [1.165, 1.54) is 0 Å². The minimum atomic E-state index is -0.358. The zero-order chi connectivity index (χ0) is 29.7. The van der Waals surface area contributed by atoms with Crippen LogP contribution in [-0.2, 0) is 31.0 Å². The van der Waals surface area contributed by atoms with E-state index in [4.69, 9.17) is 46.4 Å². The highest BCUT2D eigenvalue weighted by molar-refractivity contribution is 6.31. The molecule has 0 N–H and O–H groups in total. The van der Waals surface area contributed by atoms with Gasteiger partial charge in [0.25, 0.3) is 0 Å². The van der Waals surface area contributed by atoms with Gasteiger partial charge >= 0.3 is 0 Å². The predicted molar refractivity (Wildman–Crippen MR) is 173 cm³/mol. The van der Waals surface area contributed by atoms with Crippen LogP contribution in [0.1, 0.15) is 28.7 Å². The van der Waals surface area contributed by atoms with E-state index >= 15 is 0 Å². The molecule has 0 amide bonds. The van der Waals surface area contributed by atoms with Crippen LogP contribution in [0.4, 0.5) is 0 Å². The maximum absolute atomic E-state index is 14.7. The van der Waals surface area contributed by atoms with Crippen LogP contribution >= 0.6 is 46.4 Å². The van der Waals surface area contributed by atoms with E-state index in [1.54, 1.807) is 0 Å². The summed E-state index contributed by atoms with van der Waals surface area (Å²) in [4.78, 5) is 24.3. The molecule has 0 saturated carbocycles. The van der Waals surface area contributed by atoms with E-state index in [9.17, 15) is 4.79 Å². The van der Waals surface area contributed by atoms with Crippen molar-refractivity contribution in [2.75, 3.05) is 0 Å². The Labute approximate surface area is 272 Å². The Bertz CT molecular complexity index is 1370. The van der Waals surface area contributed by atoms with Gasteiger partial charge in [-0.2, -0.15) is 0 Å². The lowest BCUT2D eigenvalue weighted by atomic mass is 9.88. The first-order chi connectivity index (χ1) is 20.8. The summed E-state index contributed by atoms with van der Waals surface area (Å²) in [5, 5.41) is 2.80. The second-order valence-corrected chi connectivity index (χ2v) is 13.3. The maximum atomic E-state index is 14.7. The van der Waals surface area contributed by atoms with Gasteiger partial charge in [-0.05, 0) is 70.8 Å². The fourth-order valence-electron chi connectivity index (χ4n) is 6.90. The SMILES string of the molecule is O=C1C2N(Cc3ccc(Cl)cc3)C3CC(N2Cc2ccc(Cl)cc2)N(Cc2ccc(Cl)cc2)C1N3Cc1ccc(Cl)cc1. The van der Waals surface area contributed by atoms with Gasteiger partial charge in [0.2, 0.25) is 0 Å². The zero-order valence-corrected chi connectivity index (χ0v) is 26.3. The summed E-state index contributed by atoms with van der Waals surface area (Å²) in [7, 11) is 0. The van der Waals surface area contributed by atoms with Crippen LogP contribution in [0.5, 0.6) is 0 Å². The highest BCUT2D eigenvalue weighted by Crippen LogP contribution is 2.45. The standard InChI is InChI=1S/C34H30Cl4N4O/c35-26-9-1-22(2-10-26)18-39-30-17-31-41(20-24-5-13-28(37)14-6-24)33(39)32(43)34(40(30)19-23-3-11-27(36)12-4-23)42(31)21-25-7-15-29(38)16-8-25/h1-16,30-31,33-34H,17-21H2. The lowest BCUT2D eigenvalue weighted by Gasteiger charge is -2.68. The number of Topliss-reactive ketones (excluding diaryl/α,β-unsaturated/α-hetero) is 1. The van der Waals surface area contributed by atoms with Crippen molar-refractivity contribution in [1.29, 1.82) is 0 Å². The van der Waals surface area contributed by atoms with E-state index in [2.05, 4.69) is 68.1 Å². The van der Waals surface area contributed by atoms with Gasteiger partial charge in [0.05, 0.1) is 12.3 Å². The van der Waals surface area contributed by atoms with Crippen LogP contribution in [-0.4, -0.2) is 50.0 Å². The average Bonchev–Trinajstić information content (AvgIpc) is 3.00. The van der Waals surface area contributed by atoms with Gasteiger partial charge in [-0.3, -0.25) is 24.4 Å². The molecule has 9 heteroatoms. The number of halogens is 4. The Hall–Kier alpha value is -2.45. The van der Waals surface area contributed by atoms with Gasteiger partial charge in [0, 0.05) is 52.7 Å². The van der Waals surface area contributed by atoms with E-state index < -0.39 is 0 Å². The van der Waals surface area contributed by atoms with E-state index in [-0.39, 0.29) is 30.4 Å². The Morgan fingerprint density at radius 1 is 0.442 bits per heavy atom. The molecular weight excluding hydrogens is 622 g/mol. The molecule has 4 saturated heterocycles. The van der Waals surface area contributed by atoms with E-state index in [1.807, 2.05) is 48.5 Å². The highest BCUT2D eigenvalue weighted by Gasteiger charge is 2.62. The van der Waals surface area contributed by atoms with Crippen molar-refractivity contribution in [3.63, 3.8) is 0 Å². The molecule has 4 heterocycles. The number of rotatable bonds is 8. The lowest BCUT2D eigenvalue weighted by molar-refractivity contribution is -0.269. The normalized spacial score (nSPS) is 24.2. The van der Waals surface area contributed by atoms with E-state index in [0.29, 0.717) is 46.3 Å². The number of nitrogens with zero attached hydrogens (tertiary/aromatic N) is 4. The summed E-state index contributed by atoms with van der Waals surface area (Å²) in [6.45, 7) is 2.57. The number of hydrogen-bond acceptors (Lipinski definition) is 5. The summed E-state index contributed by atoms with van der Waals surface area (Å²) in [5.41, 5.74) is 4.50. The third-order valence-electron chi connectivity index (χ3n) is 8.83. The minimum Gasteiger partial charge on any atom is -0.293 e. The molecule has 220 valence electrons. The van der Waals surface area contributed by atoms with Crippen LogP contribution in [0, 0.1) is 0 Å². The molecular formula is C34H30Cl4N4O. The smallest absolute Gasteiger partial charge is 0.196 e. The summed E-state index contributed by atoms with van der Waals surface area (Å²) in [5.74, 6) is 0.193. The van der Waals surface area contributed by atoms with Crippen molar-refractivity contribution in [1.82, 2.24) is 19.6 Å². The van der Waals surface area contributed by atoms with Gasteiger partial charge in [-0.25, -0.2) is 0 Å². The second kappa shape index (κ2) is 12.2. The fourth-order valence-corrected chi connectivity index (χ4v) is 7.41. The molecule has 0 radical (unpaired) electrons. The molecule has 4 aliphatic rings. The number of benzene rings is 4. The molecule has 4 aromatic carbocycles. The van der Waals surface area contributed by atoms with Crippen molar-refractivity contribution in [2.24, 2.45) is 0 Å². The Kier molecular flexibility index (Phi) is 8.27. The van der Waals surface area contributed by atoms with Crippen LogP contribution < -0.4 is 0 Å². The van der Waals surface area contributed by atoms with Crippen molar-refractivity contribution >= 4 is 52.2 Å². The summed E-state index contributed by atoms with van der Waals surface area (Å²) in [6, 6.07) is 31.8. The molecule has 4 fully saturated rings. The minimum absolute atomic E-state index is 0.0759. The molecule has 4 aromatic rings. The molecule has 0 aliphatic carbocycles. The molecule has 0 atom stereocenters. The van der Waals surface area contributed by atoms with Gasteiger partial charge in [-0.1, -0.05) is 94.9 Å². The van der Waals surface area contributed by atoms with Gasteiger partial charge in [0.1, 0.15) is 12.3 Å². The van der Waals surface area contributed by atoms with Gasteiger partial charge in [-0.15, -0.1) is 0 Å². The molecule has 0 unspecified atom stereocenters. The topological polar surface area (TPSA) is 30.0 Å². The van der Waals surface area contributed by atoms with E-state index in [0.717, 1.165) is 28.7 Å².